The first-order valence-electron chi connectivity index (χ1n) is 10.4. The topological polar surface area (TPSA) is 86.5 Å². The standard InChI is InChI=1S/C25H20ClN3O4/c1-31-18-4-2-15(3-5-18)22-6-7-23(33-22)25(30)29-13-19-11-17-10-16(12-20(26)24(17)32-19)21-14-27-8-9-28-21/h2-10,12,14,19H,11,13H2,1H3,(H,29,30)/t19-/m0/s1. The van der Waals surface area contributed by atoms with E-state index >= 15 is 0 Å². The number of amides is 1. The lowest BCUT2D eigenvalue weighted by Crippen LogP contribution is -2.34. The van der Waals surface area contributed by atoms with Gasteiger partial charge in [0.15, 0.2) is 5.76 Å². The van der Waals surface area contributed by atoms with Gasteiger partial charge in [-0.05, 0) is 48.5 Å². The zero-order valence-electron chi connectivity index (χ0n) is 17.7. The van der Waals surface area contributed by atoms with Crippen LogP contribution in [0, 0.1) is 0 Å². The third kappa shape index (κ3) is 4.40. The molecule has 3 heterocycles. The number of fused-ring (bicyclic) bond motifs is 1. The summed E-state index contributed by atoms with van der Waals surface area (Å²) in [5, 5.41) is 3.39. The van der Waals surface area contributed by atoms with Gasteiger partial charge in [0.05, 0.1) is 30.6 Å². The maximum absolute atomic E-state index is 12.6. The van der Waals surface area contributed by atoms with Crippen LogP contribution in [-0.4, -0.2) is 35.6 Å². The molecule has 0 fully saturated rings. The van der Waals surface area contributed by atoms with Gasteiger partial charge in [0.1, 0.15) is 23.4 Å². The van der Waals surface area contributed by atoms with Crippen molar-refractivity contribution in [2.45, 2.75) is 12.5 Å². The van der Waals surface area contributed by atoms with Crippen LogP contribution in [0.1, 0.15) is 16.1 Å². The summed E-state index contributed by atoms with van der Waals surface area (Å²) in [6.45, 7) is 0.322. The number of ether oxygens (including phenoxy) is 2. The van der Waals surface area contributed by atoms with Gasteiger partial charge in [0.25, 0.3) is 5.91 Å². The minimum Gasteiger partial charge on any atom is -0.497 e. The van der Waals surface area contributed by atoms with Gasteiger partial charge in [-0.15, -0.1) is 0 Å². The Morgan fingerprint density at radius 1 is 1.15 bits per heavy atom. The van der Waals surface area contributed by atoms with Gasteiger partial charge in [-0.2, -0.15) is 0 Å². The van der Waals surface area contributed by atoms with Crippen LogP contribution in [0.5, 0.6) is 11.5 Å². The van der Waals surface area contributed by atoms with Crippen LogP contribution in [0.2, 0.25) is 5.02 Å². The van der Waals surface area contributed by atoms with E-state index in [0.29, 0.717) is 29.5 Å². The second-order valence-corrected chi connectivity index (χ2v) is 7.99. The van der Waals surface area contributed by atoms with Crippen molar-refractivity contribution in [3.05, 3.63) is 83.5 Å². The van der Waals surface area contributed by atoms with Gasteiger partial charge >= 0.3 is 0 Å². The van der Waals surface area contributed by atoms with Crippen LogP contribution in [0.25, 0.3) is 22.6 Å². The molecule has 0 aliphatic carbocycles. The number of methoxy groups -OCH3 is 1. The Morgan fingerprint density at radius 2 is 2.00 bits per heavy atom. The SMILES string of the molecule is COc1ccc(-c2ccc(C(=O)NC[C@@H]3Cc4cc(-c5cnccn5)cc(Cl)c4O3)o2)cc1. The molecule has 0 radical (unpaired) electrons. The third-order valence-electron chi connectivity index (χ3n) is 5.41. The Balaban J connectivity index is 1.22. The van der Waals surface area contributed by atoms with Crippen molar-refractivity contribution in [1.29, 1.82) is 0 Å². The van der Waals surface area contributed by atoms with Crippen LogP contribution in [0.4, 0.5) is 0 Å². The van der Waals surface area contributed by atoms with Gasteiger partial charge < -0.3 is 19.2 Å². The van der Waals surface area contributed by atoms with E-state index in [1.165, 1.54) is 0 Å². The van der Waals surface area contributed by atoms with Gasteiger partial charge in [0, 0.05) is 35.5 Å². The summed E-state index contributed by atoms with van der Waals surface area (Å²) in [5.41, 5.74) is 3.45. The molecule has 0 unspecified atom stereocenters. The van der Waals surface area contributed by atoms with Gasteiger partial charge in [-0.1, -0.05) is 11.6 Å². The first kappa shape index (κ1) is 21.0. The molecule has 1 aliphatic heterocycles. The van der Waals surface area contributed by atoms with Crippen LogP contribution < -0.4 is 14.8 Å². The highest BCUT2D eigenvalue weighted by atomic mass is 35.5. The smallest absolute Gasteiger partial charge is 0.287 e. The molecule has 2 aromatic carbocycles. The summed E-state index contributed by atoms with van der Waals surface area (Å²) in [7, 11) is 1.61. The third-order valence-corrected chi connectivity index (χ3v) is 5.69. The second-order valence-electron chi connectivity index (χ2n) is 7.58. The number of carbonyl (C=O) groups is 1. The van der Waals surface area contributed by atoms with Crippen molar-refractivity contribution < 1.29 is 18.7 Å². The second kappa shape index (κ2) is 8.96. The predicted octanol–water partition coefficient (Wildman–Crippen LogP) is 4.80. The maximum atomic E-state index is 12.6. The number of carbonyl (C=O) groups excluding carboxylic acids is 1. The minimum atomic E-state index is -0.305. The lowest BCUT2D eigenvalue weighted by Gasteiger charge is -2.11. The lowest BCUT2D eigenvalue weighted by molar-refractivity contribution is 0.0906. The summed E-state index contributed by atoms with van der Waals surface area (Å²) in [4.78, 5) is 21.0. The molecule has 0 spiro atoms. The fraction of sp³-hybridized carbons (Fsp3) is 0.160. The highest BCUT2D eigenvalue weighted by Gasteiger charge is 2.27. The molecular weight excluding hydrogens is 442 g/mol. The number of nitrogens with zero attached hydrogens (tertiary/aromatic N) is 2. The van der Waals surface area contributed by atoms with Crippen LogP contribution >= 0.6 is 11.6 Å². The van der Waals surface area contributed by atoms with Gasteiger partial charge in [0.2, 0.25) is 0 Å². The van der Waals surface area contributed by atoms with E-state index in [1.54, 1.807) is 37.8 Å². The number of halogens is 1. The zero-order chi connectivity index (χ0) is 22.8. The van der Waals surface area contributed by atoms with Crippen molar-refractivity contribution in [2.75, 3.05) is 13.7 Å². The van der Waals surface area contributed by atoms with Gasteiger partial charge in [-0.25, -0.2) is 0 Å². The maximum Gasteiger partial charge on any atom is 0.287 e. The number of aromatic nitrogens is 2. The van der Waals surface area contributed by atoms with Crippen LogP contribution in [-0.2, 0) is 6.42 Å². The first-order chi connectivity index (χ1) is 16.1. The Labute approximate surface area is 195 Å². The van der Waals surface area contributed by atoms with Crippen molar-refractivity contribution in [2.24, 2.45) is 0 Å². The summed E-state index contributed by atoms with van der Waals surface area (Å²) in [5.74, 6) is 1.93. The summed E-state index contributed by atoms with van der Waals surface area (Å²) in [6, 6.07) is 14.7. The molecule has 5 rings (SSSR count). The molecule has 0 bridgehead atoms. The van der Waals surface area contributed by atoms with Crippen LogP contribution in [0.3, 0.4) is 0 Å². The molecule has 8 heteroatoms. The lowest BCUT2D eigenvalue weighted by atomic mass is 10.0. The molecule has 2 aromatic heterocycles. The van der Waals surface area contributed by atoms with Crippen molar-refractivity contribution >= 4 is 17.5 Å². The highest BCUT2D eigenvalue weighted by Crippen LogP contribution is 2.39. The highest BCUT2D eigenvalue weighted by molar-refractivity contribution is 6.32. The molecule has 7 nitrogen and oxygen atoms in total. The average molecular weight is 462 g/mol. The van der Waals surface area contributed by atoms with Crippen molar-refractivity contribution in [1.82, 2.24) is 15.3 Å². The molecule has 0 saturated carbocycles. The fourth-order valence-corrected chi connectivity index (χ4v) is 4.04. The van der Waals surface area contributed by atoms with E-state index in [1.807, 2.05) is 36.4 Å². The monoisotopic (exact) mass is 461 g/mol. The van der Waals surface area contributed by atoms with Crippen molar-refractivity contribution in [3.8, 4) is 34.1 Å². The number of benzene rings is 2. The normalized spacial score (nSPS) is 14.4. The fourth-order valence-electron chi connectivity index (χ4n) is 3.76. The molecule has 4 aromatic rings. The molecular formula is C25H20ClN3O4. The van der Waals surface area contributed by atoms with E-state index in [0.717, 1.165) is 28.1 Å². The molecule has 1 aliphatic rings. The molecule has 33 heavy (non-hydrogen) atoms. The Morgan fingerprint density at radius 3 is 2.76 bits per heavy atom. The Hall–Kier alpha value is -3.84. The number of nitrogens with one attached hydrogen (secondary N) is 1. The molecule has 0 saturated heterocycles. The predicted molar refractivity (Wildman–Crippen MR) is 124 cm³/mol. The Bertz CT molecular complexity index is 1290. The quantitative estimate of drug-likeness (QED) is 0.444. The summed E-state index contributed by atoms with van der Waals surface area (Å²) in [6.07, 6.45) is 5.35. The first-order valence-corrected chi connectivity index (χ1v) is 10.8. The molecule has 1 amide bonds. The number of furan rings is 1. The van der Waals surface area contributed by atoms with E-state index < -0.39 is 0 Å². The van der Waals surface area contributed by atoms with Crippen LogP contribution in [0.15, 0.2) is 71.5 Å². The van der Waals surface area contributed by atoms with E-state index in [9.17, 15) is 4.79 Å². The molecule has 1 atom stereocenters. The van der Waals surface area contributed by atoms with E-state index in [-0.39, 0.29) is 17.8 Å². The minimum absolute atomic E-state index is 0.227. The molecule has 1 N–H and O–H groups in total. The summed E-state index contributed by atoms with van der Waals surface area (Å²) < 4.78 is 16.9. The number of hydrogen-bond acceptors (Lipinski definition) is 6. The average Bonchev–Trinajstić information content (AvgIpc) is 3.51. The van der Waals surface area contributed by atoms with E-state index in [2.05, 4.69) is 15.3 Å². The Kier molecular flexibility index (Phi) is 5.71. The summed E-state index contributed by atoms with van der Waals surface area (Å²) >= 11 is 6.45. The molecule has 166 valence electrons. The number of hydrogen-bond donors (Lipinski definition) is 1. The zero-order valence-corrected chi connectivity index (χ0v) is 18.5. The van der Waals surface area contributed by atoms with Gasteiger partial charge in [-0.3, -0.25) is 14.8 Å². The van der Waals surface area contributed by atoms with Crippen molar-refractivity contribution in [3.63, 3.8) is 0 Å². The largest absolute Gasteiger partial charge is 0.497 e. The van der Waals surface area contributed by atoms with E-state index in [4.69, 9.17) is 25.5 Å². The number of rotatable bonds is 6.